The number of pyridine rings is 1. The lowest BCUT2D eigenvalue weighted by Gasteiger charge is -2.12. The van der Waals surface area contributed by atoms with Crippen LogP contribution in [0.25, 0.3) is 21.7 Å². The van der Waals surface area contributed by atoms with E-state index in [9.17, 15) is 4.79 Å². The third-order valence-corrected chi connectivity index (χ3v) is 5.18. The summed E-state index contributed by atoms with van der Waals surface area (Å²) in [5, 5.41) is 9.41. The first-order valence-corrected chi connectivity index (χ1v) is 9.33. The largest absolute Gasteiger partial charge is 0.497 e. The van der Waals surface area contributed by atoms with Crippen LogP contribution in [-0.4, -0.2) is 30.3 Å². The number of hydrogen-bond donors (Lipinski definition) is 1. The summed E-state index contributed by atoms with van der Waals surface area (Å²) in [6.45, 7) is 1.78. The fourth-order valence-corrected chi connectivity index (χ4v) is 3.60. The third kappa shape index (κ3) is 3.18. The van der Waals surface area contributed by atoms with Crippen LogP contribution in [-0.2, 0) is 0 Å². The summed E-state index contributed by atoms with van der Waals surface area (Å²) in [5.41, 5.74) is 2.56. The highest BCUT2D eigenvalue weighted by Gasteiger charge is 2.20. The van der Waals surface area contributed by atoms with E-state index in [1.54, 1.807) is 38.3 Å². The molecule has 0 aliphatic rings. The number of fused-ring (bicyclic) bond motifs is 1. The van der Waals surface area contributed by atoms with Crippen LogP contribution in [0.5, 0.6) is 11.5 Å². The highest BCUT2D eigenvalue weighted by molar-refractivity contribution is 7.13. The SMILES string of the molecule is COc1ccc(NC(=O)c2cc(-c3cccs3)nc3onc(C)c23)c(OC)c1. The minimum atomic E-state index is -0.306. The van der Waals surface area contributed by atoms with E-state index in [4.69, 9.17) is 14.0 Å². The van der Waals surface area contributed by atoms with Crippen molar-refractivity contribution in [2.45, 2.75) is 6.92 Å². The zero-order chi connectivity index (χ0) is 19.7. The van der Waals surface area contributed by atoms with E-state index >= 15 is 0 Å². The standard InChI is InChI=1S/C20H17N3O4S/c1-11-18-13(10-15(17-5-4-8-28-17)22-20(18)27-23-11)19(24)21-14-7-6-12(25-2)9-16(14)26-3/h4-10H,1-3H3,(H,21,24). The molecule has 4 aromatic rings. The molecule has 0 fully saturated rings. The van der Waals surface area contributed by atoms with Gasteiger partial charge in [0.15, 0.2) is 0 Å². The second-order valence-corrected chi connectivity index (χ2v) is 6.95. The highest BCUT2D eigenvalue weighted by Crippen LogP contribution is 2.32. The first-order chi connectivity index (χ1) is 13.6. The molecule has 7 nitrogen and oxygen atoms in total. The molecular formula is C20H17N3O4S. The number of methoxy groups -OCH3 is 2. The molecule has 0 aliphatic heterocycles. The van der Waals surface area contributed by atoms with Crippen molar-refractivity contribution in [2.24, 2.45) is 0 Å². The van der Waals surface area contributed by atoms with Gasteiger partial charge in [0.05, 0.1) is 47.1 Å². The first kappa shape index (κ1) is 18.0. The molecule has 3 aromatic heterocycles. The second kappa shape index (κ2) is 7.32. The number of rotatable bonds is 5. The first-order valence-electron chi connectivity index (χ1n) is 8.45. The number of thiophene rings is 1. The van der Waals surface area contributed by atoms with Crippen molar-refractivity contribution in [3.8, 4) is 22.1 Å². The average Bonchev–Trinajstić information content (AvgIpc) is 3.38. The van der Waals surface area contributed by atoms with Gasteiger partial charge in [-0.2, -0.15) is 0 Å². The van der Waals surface area contributed by atoms with Crippen molar-refractivity contribution in [3.05, 3.63) is 53.0 Å². The normalized spacial score (nSPS) is 10.8. The Kier molecular flexibility index (Phi) is 4.70. The quantitative estimate of drug-likeness (QED) is 0.534. The predicted molar refractivity (Wildman–Crippen MR) is 107 cm³/mol. The molecular weight excluding hydrogens is 378 g/mol. The van der Waals surface area contributed by atoms with Crippen LogP contribution in [0.4, 0.5) is 5.69 Å². The summed E-state index contributed by atoms with van der Waals surface area (Å²) in [5.74, 6) is 0.828. The van der Waals surface area contributed by atoms with Gasteiger partial charge in [0, 0.05) is 6.07 Å². The lowest BCUT2D eigenvalue weighted by atomic mass is 10.1. The molecule has 0 radical (unpaired) electrons. The molecule has 0 unspecified atom stereocenters. The van der Waals surface area contributed by atoms with Gasteiger partial charge in [-0.3, -0.25) is 4.79 Å². The van der Waals surface area contributed by atoms with Crippen LogP contribution in [0.2, 0.25) is 0 Å². The van der Waals surface area contributed by atoms with Crippen LogP contribution in [0.3, 0.4) is 0 Å². The topological polar surface area (TPSA) is 86.5 Å². The molecule has 0 saturated carbocycles. The number of ether oxygens (including phenoxy) is 2. The molecule has 0 bridgehead atoms. The van der Waals surface area contributed by atoms with Gasteiger partial charge in [0.1, 0.15) is 11.5 Å². The Morgan fingerprint density at radius 3 is 2.75 bits per heavy atom. The van der Waals surface area contributed by atoms with Crippen LogP contribution >= 0.6 is 11.3 Å². The van der Waals surface area contributed by atoms with E-state index in [-0.39, 0.29) is 5.91 Å². The molecule has 0 atom stereocenters. The van der Waals surface area contributed by atoms with E-state index in [0.717, 1.165) is 4.88 Å². The maximum absolute atomic E-state index is 13.1. The fourth-order valence-electron chi connectivity index (χ4n) is 2.92. The van der Waals surface area contributed by atoms with Crippen molar-refractivity contribution >= 4 is 34.0 Å². The number of aromatic nitrogens is 2. The minimum Gasteiger partial charge on any atom is -0.497 e. The zero-order valence-electron chi connectivity index (χ0n) is 15.5. The Bertz CT molecular complexity index is 1150. The summed E-state index contributed by atoms with van der Waals surface area (Å²) in [6.07, 6.45) is 0. The molecule has 28 heavy (non-hydrogen) atoms. The highest BCUT2D eigenvalue weighted by atomic mass is 32.1. The van der Waals surface area contributed by atoms with Crippen LogP contribution in [0, 0.1) is 6.92 Å². The second-order valence-electron chi connectivity index (χ2n) is 6.00. The molecule has 3 heterocycles. The molecule has 0 saturated heterocycles. The lowest BCUT2D eigenvalue weighted by Crippen LogP contribution is -2.14. The van der Waals surface area contributed by atoms with Gasteiger partial charge in [0.2, 0.25) is 0 Å². The molecule has 1 aromatic carbocycles. The van der Waals surface area contributed by atoms with Gasteiger partial charge in [0.25, 0.3) is 11.6 Å². The molecule has 0 spiro atoms. The number of benzene rings is 1. The molecule has 4 rings (SSSR count). The lowest BCUT2D eigenvalue weighted by molar-refractivity contribution is 0.102. The van der Waals surface area contributed by atoms with Gasteiger partial charge in [-0.1, -0.05) is 11.2 Å². The Labute approximate surface area is 164 Å². The molecule has 8 heteroatoms. The Hall–Kier alpha value is -3.39. The number of nitrogens with one attached hydrogen (secondary N) is 1. The maximum atomic E-state index is 13.1. The maximum Gasteiger partial charge on any atom is 0.259 e. The number of nitrogens with zero attached hydrogens (tertiary/aromatic N) is 2. The molecule has 1 amide bonds. The van der Waals surface area contributed by atoms with Crippen molar-refractivity contribution in [3.63, 3.8) is 0 Å². The van der Waals surface area contributed by atoms with Crippen LogP contribution in [0.15, 0.2) is 46.3 Å². The van der Waals surface area contributed by atoms with Crippen molar-refractivity contribution in [1.29, 1.82) is 0 Å². The minimum absolute atomic E-state index is 0.306. The summed E-state index contributed by atoms with van der Waals surface area (Å²) in [6, 6.07) is 10.8. The Morgan fingerprint density at radius 2 is 2.04 bits per heavy atom. The van der Waals surface area contributed by atoms with Gasteiger partial charge in [-0.05, 0) is 36.6 Å². The predicted octanol–water partition coefficient (Wildman–Crippen LogP) is 4.53. The van der Waals surface area contributed by atoms with E-state index in [2.05, 4.69) is 15.5 Å². The fraction of sp³-hybridized carbons (Fsp3) is 0.150. The van der Waals surface area contributed by atoms with Gasteiger partial charge in [-0.25, -0.2) is 4.98 Å². The Balaban J connectivity index is 1.78. The number of hydrogen-bond acceptors (Lipinski definition) is 7. The van der Waals surface area contributed by atoms with Crippen molar-refractivity contribution < 1.29 is 18.8 Å². The molecule has 142 valence electrons. The van der Waals surface area contributed by atoms with E-state index in [0.29, 0.717) is 45.2 Å². The van der Waals surface area contributed by atoms with E-state index in [1.807, 2.05) is 17.5 Å². The monoisotopic (exact) mass is 395 g/mol. The van der Waals surface area contributed by atoms with Crippen LogP contribution < -0.4 is 14.8 Å². The summed E-state index contributed by atoms with van der Waals surface area (Å²) < 4.78 is 15.9. The number of amides is 1. The number of carbonyl (C=O) groups excluding carboxylic acids is 1. The number of carbonyl (C=O) groups is 1. The number of aryl methyl sites for hydroxylation is 1. The molecule has 0 aliphatic carbocycles. The van der Waals surface area contributed by atoms with Crippen molar-refractivity contribution in [2.75, 3.05) is 19.5 Å². The zero-order valence-corrected chi connectivity index (χ0v) is 16.3. The summed E-state index contributed by atoms with van der Waals surface area (Å²) in [7, 11) is 3.11. The number of anilines is 1. The van der Waals surface area contributed by atoms with Gasteiger partial charge in [-0.15, -0.1) is 11.3 Å². The van der Waals surface area contributed by atoms with Gasteiger partial charge < -0.3 is 19.3 Å². The summed E-state index contributed by atoms with van der Waals surface area (Å²) >= 11 is 1.54. The average molecular weight is 395 g/mol. The Morgan fingerprint density at radius 1 is 1.18 bits per heavy atom. The smallest absolute Gasteiger partial charge is 0.259 e. The van der Waals surface area contributed by atoms with E-state index in [1.165, 1.54) is 18.4 Å². The van der Waals surface area contributed by atoms with Gasteiger partial charge >= 0.3 is 0 Å². The van der Waals surface area contributed by atoms with Crippen molar-refractivity contribution in [1.82, 2.24) is 10.1 Å². The summed E-state index contributed by atoms with van der Waals surface area (Å²) in [4.78, 5) is 18.6. The van der Waals surface area contributed by atoms with Crippen LogP contribution in [0.1, 0.15) is 16.1 Å². The van der Waals surface area contributed by atoms with E-state index < -0.39 is 0 Å². The third-order valence-electron chi connectivity index (χ3n) is 4.29. The molecule has 1 N–H and O–H groups in total.